The third-order valence-electron chi connectivity index (χ3n) is 7.87. The zero-order valence-electron chi connectivity index (χ0n) is 22.6. The number of amides is 2. The Bertz CT molecular complexity index is 1700. The molecule has 0 radical (unpaired) electrons. The van der Waals surface area contributed by atoms with Crippen molar-refractivity contribution in [2.24, 2.45) is 11.1 Å². The van der Waals surface area contributed by atoms with Gasteiger partial charge in [-0.25, -0.2) is 9.97 Å². The molecule has 1 spiro atoms. The zero-order valence-corrected chi connectivity index (χ0v) is 22.6. The number of carbonyl (C=O) groups is 2. The van der Waals surface area contributed by atoms with Crippen LogP contribution in [0.2, 0.25) is 0 Å². The molecule has 1 aliphatic carbocycles. The molecule has 9 nitrogen and oxygen atoms in total. The van der Waals surface area contributed by atoms with E-state index in [1.54, 1.807) is 18.5 Å². The number of fused-ring (bicyclic) bond motifs is 1. The third-order valence-corrected chi connectivity index (χ3v) is 7.87. The number of benzene rings is 1. The van der Waals surface area contributed by atoms with Gasteiger partial charge in [-0.15, -0.1) is 0 Å². The fraction of sp³-hybridized carbons (Fsp3) is 0.258. The first kappa shape index (κ1) is 25.5. The van der Waals surface area contributed by atoms with E-state index in [2.05, 4.69) is 27.6 Å². The van der Waals surface area contributed by atoms with Crippen molar-refractivity contribution in [1.29, 1.82) is 0 Å². The summed E-state index contributed by atoms with van der Waals surface area (Å²) in [5.41, 5.74) is 12.5. The Morgan fingerprint density at radius 1 is 1.10 bits per heavy atom. The number of hydrogen-bond acceptors (Lipinski definition) is 6. The molecule has 3 aromatic heterocycles. The minimum atomic E-state index is -0.511. The molecule has 1 aliphatic heterocycles. The van der Waals surface area contributed by atoms with Crippen LogP contribution in [0.4, 0.5) is 0 Å². The second-order valence-electron chi connectivity index (χ2n) is 10.7. The van der Waals surface area contributed by atoms with Gasteiger partial charge in [-0.3, -0.25) is 14.6 Å². The van der Waals surface area contributed by atoms with Crippen molar-refractivity contribution in [2.75, 3.05) is 13.1 Å². The highest BCUT2D eigenvalue weighted by Crippen LogP contribution is 2.47. The minimum absolute atomic E-state index is 0.0178. The molecule has 1 saturated heterocycles. The number of nitrogens with zero attached hydrogens (tertiary/aromatic N) is 5. The van der Waals surface area contributed by atoms with E-state index in [0.29, 0.717) is 16.8 Å². The van der Waals surface area contributed by atoms with Gasteiger partial charge >= 0.3 is 6.01 Å². The summed E-state index contributed by atoms with van der Waals surface area (Å²) >= 11 is 0. The molecule has 9 heteroatoms. The second-order valence-corrected chi connectivity index (χ2v) is 10.7. The van der Waals surface area contributed by atoms with E-state index < -0.39 is 5.91 Å². The summed E-state index contributed by atoms with van der Waals surface area (Å²) in [6.45, 7) is 8.89. The van der Waals surface area contributed by atoms with Crippen LogP contribution in [0.15, 0.2) is 67.7 Å². The highest BCUT2D eigenvalue weighted by Gasteiger charge is 2.45. The number of aryl methyl sites for hydroxylation is 2. The van der Waals surface area contributed by atoms with E-state index in [1.807, 2.05) is 53.6 Å². The van der Waals surface area contributed by atoms with Gasteiger partial charge in [0.15, 0.2) is 0 Å². The van der Waals surface area contributed by atoms with E-state index in [0.717, 1.165) is 66.1 Å². The summed E-state index contributed by atoms with van der Waals surface area (Å²) < 4.78 is 7.89. The Morgan fingerprint density at radius 2 is 1.88 bits per heavy atom. The van der Waals surface area contributed by atoms with E-state index in [9.17, 15) is 9.59 Å². The Morgan fingerprint density at radius 3 is 2.52 bits per heavy atom. The van der Waals surface area contributed by atoms with Crippen molar-refractivity contribution in [1.82, 2.24) is 24.3 Å². The van der Waals surface area contributed by atoms with Gasteiger partial charge < -0.3 is 19.8 Å². The molecule has 202 valence electrons. The van der Waals surface area contributed by atoms with Gasteiger partial charge in [0, 0.05) is 42.2 Å². The normalized spacial score (nSPS) is 15.9. The molecule has 0 unspecified atom stereocenters. The minimum Gasteiger partial charge on any atom is -0.424 e. The van der Waals surface area contributed by atoms with Crippen molar-refractivity contribution in [2.45, 2.75) is 33.1 Å². The predicted molar refractivity (Wildman–Crippen MR) is 152 cm³/mol. The summed E-state index contributed by atoms with van der Waals surface area (Å²) in [4.78, 5) is 39.7. The Balaban J connectivity index is 1.41. The molecule has 4 heterocycles. The lowest BCUT2D eigenvalue weighted by Gasteiger charge is -2.51. The monoisotopic (exact) mass is 534 g/mol. The van der Waals surface area contributed by atoms with Crippen LogP contribution in [0.25, 0.3) is 22.2 Å². The lowest BCUT2D eigenvalue weighted by atomic mass is 9.69. The van der Waals surface area contributed by atoms with Crippen molar-refractivity contribution in [3.8, 4) is 22.9 Å². The molecule has 6 rings (SSSR count). The summed E-state index contributed by atoms with van der Waals surface area (Å²) in [5, 5.41) is 0. The number of ether oxygens (including phenoxy) is 1. The average Bonchev–Trinajstić information content (AvgIpc) is 3.26. The highest BCUT2D eigenvalue weighted by molar-refractivity contribution is 6.09. The summed E-state index contributed by atoms with van der Waals surface area (Å²) in [5.74, 6) is 0.0549. The van der Waals surface area contributed by atoms with E-state index >= 15 is 0 Å². The van der Waals surface area contributed by atoms with E-state index in [1.165, 1.54) is 6.08 Å². The SMILES string of the molecule is C=CC(=O)N1CC2(CC=C(c3c(-c4ccc(Oc5nccc(C)n5)cc4)c(C(N)=O)c4cnc(C)cn34)CC2)C1. The van der Waals surface area contributed by atoms with Gasteiger partial charge in [0.05, 0.1) is 28.7 Å². The second kappa shape index (κ2) is 9.75. The molecule has 0 bridgehead atoms. The Hall–Kier alpha value is -4.79. The van der Waals surface area contributed by atoms with Crippen molar-refractivity contribution in [3.05, 3.63) is 90.3 Å². The number of primary amides is 1. The molecule has 0 saturated carbocycles. The van der Waals surface area contributed by atoms with Crippen LogP contribution in [0.5, 0.6) is 11.8 Å². The molecule has 40 heavy (non-hydrogen) atoms. The molecule has 0 atom stereocenters. The Labute approximate surface area is 232 Å². The standard InChI is InChI=1S/C31H30N6O3/c1-4-25(38)36-17-31(18-36)12-9-22(10-13-31)28-26(27(29(32)39)24-15-34-20(3)16-37(24)28)21-5-7-23(8-6-21)40-30-33-14-11-19(2)35-30/h4-9,11,14-16H,1,10,12-13,17-18H2,2-3H3,(H2,32,39). The number of carbonyl (C=O) groups excluding carboxylic acids is 2. The van der Waals surface area contributed by atoms with Gasteiger partial charge in [0.2, 0.25) is 5.91 Å². The molecular formula is C31H30N6O3. The van der Waals surface area contributed by atoms with Crippen LogP contribution in [0.3, 0.4) is 0 Å². The first-order valence-electron chi connectivity index (χ1n) is 13.3. The summed E-state index contributed by atoms with van der Waals surface area (Å²) in [7, 11) is 0. The molecule has 4 aromatic rings. The topological polar surface area (TPSA) is 116 Å². The van der Waals surface area contributed by atoms with E-state index in [4.69, 9.17) is 10.5 Å². The lowest BCUT2D eigenvalue weighted by Crippen LogP contribution is -2.58. The number of hydrogen-bond donors (Lipinski definition) is 1. The molecule has 2 amide bonds. The smallest absolute Gasteiger partial charge is 0.322 e. The fourth-order valence-corrected chi connectivity index (χ4v) is 5.86. The third kappa shape index (κ3) is 4.43. The summed E-state index contributed by atoms with van der Waals surface area (Å²) in [6.07, 6.45) is 11.6. The van der Waals surface area contributed by atoms with Crippen LogP contribution < -0.4 is 10.5 Å². The van der Waals surface area contributed by atoms with Gasteiger partial charge in [-0.2, -0.15) is 0 Å². The maximum Gasteiger partial charge on any atom is 0.322 e. The maximum absolute atomic E-state index is 12.9. The number of likely N-dealkylation sites (tertiary alicyclic amines) is 1. The largest absolute Gasteiger partial charge is 0.424 e. The first-order valence-corrected chi connectivity index (χ1v) is 13.3. The molecule has 2 aliphatic rings. The van der Waals surface area contributed by atoms with Crippen LogP contribution in [-0.4, -0.2) is 49.2 Å². The molecule has 1 fully saturated rings. The van der Waals surface area contributed by atoms with E-state index in [-0.39, 0.29) is 17.3 Å². The number of nitrogens with two attached hydrogens (primary N) is 1. The summed E-state index contributed by atoms with van der Waals surface area (Å²) in [6, 6.07) is 9.60. The zero-order chi connectivity index (χ0) is 28.0. The number of allylic oxidation sites excluding steroid dienone is 2. The van der Waals surface area contributed by atoms with Crippen molar-refractivity contribution < 1.29 is 14.3 Å². The molecule has 2 N–H and O–H groups in total. The maximum atomic E-state index is 12.9. The molecular weight excluding hydrogens is 504 g/mol. The van der Waals surface area contributed by atoms with Gasteiger partial charge in [0.25, 0.3) is 5.91 Å². The van der Waals surface area contributed by atoms with Gasteiger partial charge in [0.1, 0.15) is 5.75 Å². The predicted octanol–water partition coefficient (Wildman–Crippen LogP) is 4.88. The van der Waals surface area contributed by atoms with Gasteiger partial charge in [-0.1, -0.05) is 24.8 Å². The first-order chi connectivity index (χ1) is 19.3. The van der Waals surface area contributed by atoms with Crippen LogP contribution in [0, 0.1) is 19.3 Å². The Kier molecular flexibility index (Phi) is 6.21. The quantitative estimate of drug-likeness (QED) is 0.353. The fourth-order valence-electron chi connectivity index (χ4n) is 5.86. The highest BCUT2D eigenvalue weighted by atomic mass is 16.5. The van der Waals surface area contributed by atoms with Gasteiger partial charge in [-0.05, 0) is 68.5 Å². The van der Waals surface area contributed by atoms with Crippen LogP contribution in [-0.2, 0) is 4.79 Å². The lowest BCUT2D eigenvalue weighted by molar-refractivity contribution is -0.138. The van der Waals surface area contributed by atoms with Crippen LogP contribution in [0.1, 0.15) is 46.7 Å². The average molecular weight is 535 g/mol. The molecule has 1 aromatic carbocycles. The number of rotatable bonds is 6. The number of aromatic nitrogens is 4. The van der Waals surface area contributed by atoms with Crippen molar-refractivity contribution in [3.63, 3.8) is 0 Å². The van der Waals surface area contributed by atoms with Crippen LogP contribution >= 0.6 is 0 Å². The van der Waals surface area contributed by atoms with Crippen molar-refractivity contribution >= 4 is 22.9 Å².